The number of esters is 1. The van der Waals surface area contributed by atoms with Crippen LogP contribution in [0, 0.1) is 41.4 Å². The molecule has 5 aliphatic heterocycles. The number of hydrogen-bond acceptors (Lipinski definition) is 18. The number of fused-ring (bicyclic) bond motifs is 4. The van der Waals surface area contributed by atoms with E-state index < -0.39 is 102 Å². The number of hydrogen-bond donors (Lipinski definition) is 5. The van der Waals surface area contributed by atoms with Crippen LogP contribution >= 0.6 is 0 Å². The number of amides is 2. The van der Waals surface area contributed by atoms with Crippen molar-refractivity contribution >= 4 is 35.2 Å². The first kappa shape index (κ1) is 66.1. The Kier molecular flexibility index (Phi) is 20.5. The van der Waals surface area contributed by atoms with Crippen LogP contribution < -0.4 is 10.5 Å². The van der Waals surface area contributed by atoms with Crippen LogP contribution in [0.25, 0.3) is 11.3 Å². The molecule has 2 bridgehead atoms. The van der Waals surface area contributed by atoms with Crippen molar-refractivity contribution in [3.63, 3.8) is 0 Å². The van der Waals surface area contributed by atoms with Gasteiger partial charge in [0.2, 0.25) is 11.7 Å². The minimum Gasteiger partial charge on any atom is -0.456 e. The zero-order valence-corrected chi connectivity index (χ0v) is 51.6. The van der Waals surface area contributed by atoms with Crippen LogP contribution in [0.4, 0.5) is 19.0 Å². The summed E-state index contributed by atoms with van der Waals surface area (Å²) in [6.45, 7) is 15.4. The molecule has 6 fully saturated rings. The predicted molar refractivity (Wildman–Crippen MR) is 311 cm³/mol. The Morgan fingerprint density at radius 2 is 1.62 bits per heavy atom. The van der Waals surface area contributed by atoms with E-state index in [4.69, 9.17) is 29.8 Å². The molecule has 0 spiro atoms. The molecule has 17 atom stereocenters. The van der Waals surface area contributed by atoms with E-state index in [1.165, 1.54) is 26.5 Å². The molecule has 2 aromatic heterocycles. The smallest absolute Gasteiger partial charge is 0.456 e. The van der Waals surface area contributed by atoms with Gasteiger partial charge in [-0.25, -0.2) is 9.78 Å². The van der Waals surface area contributed by atoms with Gasteiger partial charge in [0.05, 0.1) is 36.2 Å². The number of anilines is 1. The molecule has 2 aromatic rings. The highest BCUT2D eigenvalue weighted by Crippen LogP contribution is 2.59. The predicted octanol–water partition coefficient (Wildman–Crippen LogP) is 6.07. The fourth-order valence-corrected chi connectivity index (χ4v) is 14.7. The summed E-state index contributed by atoms with van der Waals surface area (Å²) >= 11 is 0. The van der Waals surface area contributed by atoms with E-state index in [0.29, 0.717) is 80.3 Å². The van der Waals surface area contributed by atoms with Crippen LogP contribution in [-0.4, -0.2) is 193 Å². The Balaban J connectivity index is 0.904. The maximum atomic E-state index is 14.8. The zero-order valence-electron chi connectivity index (χ0n) is 51.6. The lowest BCUT2D eigenvalue weighted by Gasteiger charge is -2.46. The van der Waals surface area contributed by atoms with Gasteiger partial charge in [0.1, 0.15) is 24.0 Å². The summed E-state index contributed by atoms with van der Waals surface area (Å²) in [6, 6.07) is 1.97. The van der Waals surface area contributed by atoms with Gasteiger partial charge in [-0.3, -0.25) is 28.8 Å². The highest BCUT2D eigenvalue weighted by molar-refractivity contribution is 6.39. The number of nitrogen functional groups attached to an aromatic ring is 1. The van der Waals surface area contributed by atoms with Crippen molar-refractivity contribution < 1.29 is 81.3 Å². The highest BCUT2D eigenvalue weighted by Gasteiger charge is 2.60. The van der Waals surface area contributed by atoms with E-state index >= 15 is 0 Å². The van der Waals surface area contributed by atoms with Crippen molar-refractivity contribution in [2.75, 3.05) is 52.7 Å². The van der Waals surface area contributed by atoms with Crippen LogP contribution in [0.15, 0.2) is 41.6 Å². The first-order valence-corrected chi connectivity index (χ1v) is 31.2. The van der Waals surface area contributed by atoms with Gasteiger partial charge in [0.25, 0.3) is 11.7 Å². The van der Waals surface area contributed by atoms with Gasteiger partial charge in [-0.05, 0) is 133 Å². The molecule has 9 rings (SSSR count). The Hall–Kier alpha value is -5.34. The molecule has 482 valence electrons. The number of carbonyl (C=O) groups is 5. The van der Waals surface area contributed by atoms with Gasteiger partial charge in [-0.2, -0.15) is 5.10 Å². The van der Waals surface area contributed by atoms with Gasteiger partial charge >= 0.3 is 12.3 Å². The molecule has 0 radical (unpaired) electrons. The van der Waals surface area contributed by atoms with Crippen LogP contribution in [0.2, 0.25) is 0 Å². The molecule has 87 heavy (non-hydrogen) atoms. The topological polar surface area (TPSA) is 279 Å². The number of likely N-dealkylation sites (tertiary alicyclic amines) is 2. The monoisotopic (exact) mass is 1230 g/mol. The summed E-state index contributed by atoms with van der Waals surface area (Å²) in [5.74, 6) is -9.47. The van der Waals surface area contributed by atoms with Crippen LogP contribution in [0.3, 0.4) is 0 Å². The number of aliphatic hydroxyl groups excluding tert-OH is 3. The van der Waals surface area contributed by atoms with Gasteiger partial charge in [0.15, 0.2) is 11.6 Å². The molecule has 2 amide bonds. The van der Waals surface area contributed by atoms with Gasteiger partial charge in [0, 0.05) is 113 Å². The van der Waals surface area contributed by atoms with E-state index in [2.05, 4.69) is 14.6 Å². The third-order valence-corrected chi connectivity index (χ3v) is 19.8. The summed E-state index contributed by atoms with van der Waals surface area (Å²) in [7, 11) is 2.97. The Bertz CT molecular complexity index is 2890. The SMILES string of the molecule is CO[C@H]1C[C@@H](C)[C@@]2(O)O[C@@H]1[C@@H](O)C[C@@H](C)C/C(C)=C/[C@@H](CCC(=O)N1CC(N3C[C@@H]4[C@H](C3)[C@H]4c3cc(-c4cnc(N)c(OC(F)(F)F)c4)nn3C(C)C)C1)C(=O)C[C@H](O)[C@@H](C)[C@@H](/C(C)=C/[C@@H]1CC[C@@H](O)[C@H](OC)C1)OC(=O)[C@@H]1CCCCN1C(=O)C2=O. The van der Waals surface area contributed by atoms with E-state index in [1.54, 1.807) is 25.7 Å². The second kappa shape index (κ2) is 27.0. The minimum absolute atomic E-state index is 0.00636. The molecule has 0 unspecified atom stereocenters. The fraction of sp³-hybridized carbons (Fsp3) is 0.730. The summed E-state index contributed by atoms with van der Waals surface area (Å²) in [5, 5.41) is 51.5. The van der Waals surface area contributed by atoms with E-state index in [0.717, 1.165) is 29.3 Å². The third kappa shape index (κ3) is 14.6. The number of aromatic nitrogens is 3. The quantitative estimate of drug-likeness (QED) is 0.0917. The summed E-state index contributed by atoms with van der Waals surface area (Å²) in [6.07, 6.45) is -3.51. The lowest BCUT2D eigenvalue weighted by atomic mass is 9.81. The average Bonchev–Trinajstić information content (AvgIpc) is 1.58. The minimum atomic E-state index is -4.94. The number of pyridine rings is 1. The van der Waals surface area contributed by atoms with Crippen molar-refractivity contribution in [1.82, 2.24) is 29.5 Å². The van der Waals surface area contributed by atoms with Crippen LogP contribution in [0.5, 0.6) is 5.75 Å². The number of ketones is 2. The molecule has 6 N–H and O–H groups in total. The molecule has 24 heteroatoms. The Labute approximate surface area is 507 Å². The molecular formula is C63H90F3N7O14. The number of Topliss-reactive ketones (excluding diaryl/α,β-unsaturated/α-hetero) is 2. The molecule has 2 saturated carbocycles. The number of methoxy groups -OCH3 is 2. The number of aliphatic hydroxyl groups is 4. The number of nitrogens with zero attached hydrogens (tertiary/aromatic N) is 6. The number of carbonyl (C=O) groups excluding carboxylic acids is 5. The largest absolute Gasteiger partial charge is 0.573 e. The summed E-state index contributed by atoms with van der Waals surface area (Å²) < 4.78 is 69.3. The lowest BCUT2D eigenvalue weighted by Crippen LogP contribution is -2.64. The average molecular weight is 1230 g/mol. The van der Waals surface area contributed by atoms with Gasteiger partial charge in [-0.15, -0.1) is 13.2 Å². The Morgan fingerprint density at radius 1 is 0.920 bits per heavy atom. The number of nitrogens with two attached hydrogens (primary N) is 1. The maximum Gasteiger partial charge on any atom is 0.573 e. The molecule has 7 heterocycles. The fourth-order valence-electron chi connectivity index (χ4n) is 14.7. The molecule has 0 aromatic carbocycles. The molecular weight excluding hydrogens is 1140 g/mol. The van der Waals surface area contributed by atoms with Crippen LogP contribution in [-0.2, 0) is 42.9 Å². The normalized spacial score (nSPS) is 36.3. The van der Waals surface area contributed by atoms with Gasteiger partial charge < -0.3 is 59.6 Å². The van der Waals surface area contributed by atoms with Gasteiger partial charge in [-0.1, -0.05) is 38.5 Å². The molecule has 7 aliphatic rings. The van der Waals surface area contributed by atoms with E-state index in [1.807, 2.05) is 50.6 Å². The van der Waals surface area contributed by atoms with Crippen molar-refractivity contribution in [3.05, 3.63) is 47.3 Å². The second-order valence-corrected chi connectivity index (χ2v) is 26.5. The van der Waals surface area contributed by atoms with Crippen molar-refractivity contribution in [1.29, 1.82) is 0 Å². The number of ether oxygens (including phenoxy) is 5. The van der Waals surface area contributed by atoms with Crippen molar-refractivity contribution in [2.45, 2.75) is 204 Å². The molecule has 4 saturated heterocycles. The first-order chi connectivity index (χ1) is 41.1. The number of rotatable bonds is 12. The van der Waals surface area contributed by atoms with Crippen molar-refractivity contribution in [2.24, 2.45) is 41.4 Å². The standard InChI is InChI=1S/C63H90F3N7O14/c1-32(2)73-46(25-44(69-73)40-24-53(59(67)68-27-40)86-63(64,65)66)55-42-30-70(31-43(42)55)41-28-71(29-41)54(78)16-14-39-19-33(3)18-34(4)20-50(77)57-52(84-9)22-36(6)62(82,87-57)58(79)60(80)72-17-11-10-12-45(72)61(81)85-56(37(7)48(75)26-49(39)76)35(5)21-38-13-15-47(74)51(23-38)83-8/h19,21,24-25,27,32,34,36-39,41-43,45,47-48,50-52,55-57,74-75,77,82H,10-18,20,22-23,26,28-31H2,1-9H3,(H2,67,68)/b33-19+,35-21+/t34-,36+,37+,38-,39+,42-,43+,45-,47+,48-,50-,51+,52-,55+,56+,57+,62+/m0/s1. The number of halogens is 3. The second-order valence-electron chi connectivity index (χ2n) is 26.5. The number of alkyl halides is 3. The molecule has 21 nitrogen and oxygen atoms in total. The zero-order chi connectivity index (χ0) is 63.1. The highest BCUT2D eigenvalue weighted by atomic mass is 19.4. The van der Waals surface area contributed by atoms with E-state index in [-0.39, 0.29) is 92.4 Å². The van der Waals surface area contributed by atoms with Crippen molar-refractivity contribution in [3.8, 4) is 17.0 Å². The lowest BCUT2D eigenvalue weighted by molar-refractivity contribution is -0.301. The number of piperidine rings is 2. The first-order valence-electron chi connectivity index (χ1n) is 31.2. The number of cyclic esters (lactones) is 1. The summed E-state index contributed by atoms with van der Waals surface area (Å²) in [4.78, 5) is 81.5. The van der Waals surface area contributed by atoms with Crippen LogP contribution in [0.1, 0.15) is 143 Å². The maximum absolute atomic E-state index is 14.8. The third-order valence-electron chi connectivity index (χ3n) is 19.8. The number of allylic oxidation sites excluding steroid dienone is 3. The van der Waals surface area contributed by atoms with E-state index in [9.17, 15) is 57.6 Å². The molecule has 2 aliphatic carbocycles. The summed E-state index contributed by atoms with van der Waals surface area (Å²) in [5.41, 5.74) is 8.87. The Morgan fingerprint density at radius 3 is 2.29 bits per heavy atom.